The maximum Gasteiger partial charge on any atom is 0.118 e. The molecule has 0 amide bonds. The van der Waals surface area contributed by atoms with Crippen LogP contribution in [0.5, 0.6) is 0 Å². The summed E-state index contributed by atoms with van der Waals surface area (Å²) >= 11 is 0. The van der Waals surface area contributed by atoms with Crippen molar-refractivity contribution in [1.82, 2.24) is 9.80 Å². The van der Waals surface area contributed by atoms with Crippen molar-refractivity contribution in [2.24, 2.45) is 0 Å². The van der Waals surface area contributed by atoms with E-state index in [0.717, 1.165) is 57.5 Å². The highest BCUT2D eigenvalue weighted by Gasteiger charge is 2.42. The Labute approximate surface area is 132 Å². The number of hydrogen-bond donors (Lipinski definition) is 0. The van der Waals surface area contributed by atoms with Crippen molar-refractivity contribution in [3.8, 4) is 0 Å². The average Bonchev–Trinajstić information content (AvgIpc) is 3.13. The van der Waals surface area contributed by atoms with E-state index in [9.17, 15) is 0 Å². The molecule has 122 valence electrons. The zero-order chi connectivity index (χ0) is 14.9. The summed E-state index contributed by atoms with van der Waals surface area (Å²) < 4.78 is 17.3. The Morgan fingerprint density at radius 2 is 2.00 bits per heavy atom. The van der Waals surface area contributed by atoms with Crippen LogP contribution in [-0.2, 0) is 16.0 Å². The van der Waals surface area contributed by atoms with Crippen LogP contribution in [0.4, 0.5) is 0 Å². The summed E-state index contributed by atoms with van der Waals surface area (Å²) in [6, 6.07) is 5.35. The molecule has 3 aliphatic heterocycles. The third kappa shape index (κ3) is 2.95. The van der Waals surface area contributed by atoms with Gasteiger partial charge in [0.2, 0.25) is 0 Å². The van der Waals surface area contributed by atoms with Gasteiger partial charge in [-0.05, 0) is 31.9 Å². The van der Waals surface area contributed by atoms with E-state index in [2.05, 4.69) is 15.9 Å². The van der Waals surface area contributed by atoms with Crippen molar-refractivity contribution in [1.29, 1.82) is 0 Å². The molecule has 0 spiro atoms. The largest absolute Gasteiger partial charge is 0.465 e. The highest BCUT2D eigenvalue weighted by molar-refractivity contribution is 5.07. The standard InChI is InChI=1S/C17H26N2O3/c1-13-2-3-15(22-13)10-18-11-16-17(12-18)21-9-6-19(16)14-4-7-20-8-5-14/h2-3,14,16-17H,4-12H2,1H3/t16-,17+/m1/s1. The van der Waals surface area contributed by atoms with Crippen molar-refractivity contribution in [2.75, 3.05) is 39.5 Å². The first kappa shape index (κ1) is 14.7. The lowest BCUT2D eigenvalue weighted by molar-refractivity contribution is -0.0808. The van der Waals surface area contributed by atoms with Crippen molar-refractivity contribution in [2.45, 2.75) is 44.5 Å². The van der Waals surface area contributed by atoms with E-state index >= 15 is 0 Å². The summed E-state index contributed by atoms with van der Waals surface area (Å²) in [4.78, 5) is 5.18. The topological polar surface area (TPSA) is 38.1 Å². The van der Waals surface area contributed by atoms with Crippen LogP contribution in [0.3, 0.4) is 0 Å². The Kier molecular flexibility index (Phi) is 4.22. The van der Waals surface area contributed by atoms with Crippen LogP contribution in [0, 0.1) is 6.92 Å². The molecule has 4 rings (SSSR count). The summed E-state index contributed by atoms with van der Waals surface area (Å²) in [5, 5.41) is 0. The molecule has 0 aliphatic carbocycles. The van der Waals surface area contributed by atoms with Crippen LogP contribution in [0.25, 0.3) is 0 Å². The number of hydrogen-bond acceptors (Lipinski definition) is 5. The predicted octanol–water partition coefficient (Wildman–Crippen LogP) is 1.65. The number of rotatable bonds is 3. The van der Waals surface area contributed by atoms with Gasteiger partial charge in [0.05, 0.1) is 25.3 Å². The highest BCUT2D eigenvalue weighted by atomic mass is 16.5. The van der Waals surface area contributed by atoms with E-state index in [4.69, 9.17) is 13.9 Å². The Bertz CT molecular complexity index is 498. The van der Waals surface area contributed by atoms with E-state index in [1.807, 2.05) is 13.0 Å². The molecule has 0 radical (unpaired) electrons. The third-order valence-corrected chi connectivity index (χ3v) is 5.26. The monoisotopic (exact) mass is 306 g/mol. The van der Waals surface area contributed by atoms with Gasteiger partial charge in [-0.2, -0.15) is 0 Å². The summed E-state index contributed by atoms with van der Waals surface area (Å²) in [5.41, 5.74) is 0. The summed E-state index contributed by atoms with van der Waals surface area (Å²) in [7, 11) is 0. The second-order valence-electron chi connectivity index (χ2n) is 6.76. The van der Waals surface area contributed by atoms with Gasteiger partial charge < -0.3 is 13.9 Å². The molecule has 3 saturated heterocycles. The molecule has 0 aromatic carbocycles. The van der Waals surface area contributed by atoms with Crippen molar-refractivity contribution < 1.29 is 13.9 Å². The zero-order valence-corrected chi connectivity index (χ0v) is 13.4. The maximum absolute atomic E-state index is 6.05. The number of nitrogens with zero attached hydrogens (tertiary/aromatic N) is 2. The first-order chi connectivity index (χ1) is 10.8. The lowest BCUT2D eigenvalue weighted by atomic mass is 10.0. The Morgan fingerprint density at radius 3 is 2.77 bits per heavy atom. The average molecular weight is 306 g/mol. The molecule has 2 atom stereocenters. The molecular formula is C17H26N2O3. The molecule has 5 nitrogen and oxygen atoms in total. The van der Waals surface area contributed by atoms with Gasteiger partial charge in [0, 0.05) is 38.9 Å². The molecular weight excluding hydrogens is 280 g/mol. The molecule has 1 aromatic rings. The first-order valence-electron chi connectivity index (χ1n) is 8.52. The van der Waals surface area contributed by atoms with Crippen LogP contribution >= 0.6 is 0 Å². The second kappa shape index (κ2) is 6.32. The third-order valence-electron chi connectivity index (χ3n) is 5.26. The second-order valence-corrected chi connectivity index (χ2v) is 6.76. The number of aryl methyl sites for hydroxylation is 1. The maximum atomic E-state index is 6.05. The molecule has 0 saturated carbocycles. The van der Waals surface area contributed by atoms with Gasteiger partial charge in [0.25, 0.3) is 0 Å². The Morgan fingerprint density at radius 1 is 1.14 bits per heavy atom. The van der Waals surface area contributed by atoms with Gasteiger partial charge in [0.15, 0.2) is 0 Å². The van der Waals surface area contributed by atoms with Gasteiger partial charge in [-0.25, -0.2) is 0 Å². The molecule has 3 fully saturated rings. The fourth-order valence-corrected chi connectivity index (χ4v) is 4.18. The number of fused-ring (bicyclic) bond motifs is 1. The molecule has 4 heterocycles. The Hall–Kier alpha value is -0.880. The molecule has 0 bridgehead atoms. The number of furan rings is 1. The fraction of sp³-hybridized carbons (Fsp3) is 0.765. The SMILES string of the molecule is Cc1ccc(CN2C[C@@H]3OCCN(C4CCOCC4)[C@@H]3C2)o1. The van der Waals surface area contributed by atoms with Gasteiger partial charge in [-0.3, -0.25) is 9.80 Å². The quantitative estimate of drug-likeness (QED) is 0.849. The van der Waals surface area contributed by atoms with Gasteiger partial charge in [0.1, 0.15) is 11.5 Å². The van der Waals surface area contributed by atoms with Crippen LogP contribution in [0.1, 0.15) is 24.4 Å². The lowest BCUT2D eigenvalue weighted by Gasteiger charge is -2.43. The minimum atomic E-state index is 0.354. The van der Waals surface area contributed by atoms with Crippen LogP contribution < -0.4 is 0 Å². The Balaban J connectivity index is 1.41. The minimum absolute atomic E-state index is 0.354. The number of ether oxygens (including phenoxy) is 2. The smallest absolute Gasteiger partial charge is 0.118 e. The lowest BCUT2D eigenvalue weighted by Crippen LogP contribution is -2.56. The molecule has 0 unspecified atom stereocenters. The number of morpholine rings is 1. The summed E-state index contributed by atoms with van der Waals surface area (Å²) in [5.74, 6) is 2.06. The van der Waals surface area contributed by atoms with E-state index in [-0.39, 0.29) is 0 Å². The van der Waals surface area contributed by atoms with E-state index < -0.39 is 0 Å². The fourth-order valence-electron chi connectivity index (χ4n) is 4.18. The van der Waals surface area contributed by atoms with E-state index in [0.29, 0.717) is 18.2 Å². The molecule has 0 N–H and O–H groups in total. The van der Waals surface area contributed by atoms with Crippen molar-refractivity contribution >= 4 is 0 Å². The molecule has 5 heteroatoms. The van der Waals surface area contributed by atoms with Gasteiger partial charge >= 0.3 is 0 Å². The van der Waals surface area contributed by atoms with Crippen LogP contribution in [0.2, 0.25) is 0 Å². The van der Waals surface area contributed by atoms with Crippen LogP contribution in [0.15, 0.2) is 16.5 Å². The van der Waals surface area contributed by atoms with Crippen molar-refractivity contribution in [3.63, 3.8) is 0 Å². The minimum Gasteiger partial charge on any atom is -0.465 e. The predicted molar refractivity (Wildman–Crippen MR) is 82.8 cm³/mol. The highest BCUT2D eigenvalue weighted by Crippen LogP contribution is 2.28. The van der Waals surface area contributed by atoms with Crippen LogP contribution in [-0.4, -0.2) is 67.4 Å². The molecule has 22 heavy (non-hydrogen) atoms. The van der Waals surface area contributed by atoms with Gasteiger partial charge in [-0.15, -0.1) is 0 Å². The zero-order valence-electron chi connectivity index (χ0n) is 13.4. The van der Waals surface area contributed by atoms with E-state index in [1.165, 1.54) is 12.8 Å². The summed E-state index contributed by atoms with van der Waals surface area (Å²) in [6.45, 7) is 8.76. The number of likely N-dealkylation sites (tertiary alicyclic amines) is 1. The summed E-state index contributed by atoms with van der Waals surface area (Å²) in [6.07, 6.45) is 2.69. The molecule has 1 aromatic heterocycles. The van der Waals surface area contributed by atoms with Gasteiger partial charge in [-0.1, -0.05) is 0 Å². The molecule has 3 aliphatic rings. The first-order valence-corrected chi connectivity index (χ1v) is 8.52. The normalized spacial score (nSPS) is 31.5. The van der Waals surface area contributed by atoms with E-state index in [1.54, 1.807) is 0 Å². The van der Waals surface area contributed by atoms with Crippen molar-refractivity contribution in [3.05, 3.63) is 23.7 Å².